The number of halogens is 3. The lowest BCUT2D eigenvalue weighted by Crippen LogP contribution is -2.54. The summed E-state index contributed by atoms with van der Waals surface area (Å²) in [7, 11) is -3.42. The molecule has 0 N–H and O–H groups in total. The highest BCUT2D eigenvalue weighted by Gasteiger charge is 2.34. The van der Waals surface area contributed by atoms with Crippen LogP contribution in [0, 0.1) is 5.92 Å². The SMILES string of the molecule is CC1CCCN(S(=O)(=O)N2CCN(Cc3ccc(C(F)(F)F)cc3)CC2)C1. The van der Waals surface area contributed by atoms with Gasteiger partial charge in [-0.25, -0.2) is 0 Å². The second-order valence-electron chi connectivity index (χ2n) is 7.48. The first-order valence-electron chi connectivity index (χ1n) is 9.30. The molecule has 2 aliphatic rings. The number of hydrogen-bond donors (Lipinski definition) is 0. The van der Waals surface area contributed by atoms with Crippen molar-refractivity contribution in [2.75, 3.05) is 39.3 Å². The van der Waals surface area contributed by atoms with Gasteiger partial charge in [0.05, 0.1) is 5.56 Å². The van der Waals surface area contributed by atoms with Crippen LogP contribution in [0.1, 0.15) is 30.9 Å². The van der Waals surface area contributed by atoms with E-state index >= 15 is 0 Å². The van der Waals surface area contributed by atoms with Crippen LogP contribution in [0.5, 0.6) is 0 Å². The summed E-state index contributed by atoms with van der Waals surface area (Å²) in [4.78, 5) is 2.08. The Labute approximate surface area is 158 Å². The fourth-order valence-electron chi connectivity index (χ4n) is 3.69. The minimum Gasteiger partial charge on any atom is -0.296 e. The van der Waals surface area contributed by atoms with Gasteiger partial charge in [-0.3, -0.25) is 4.90 Å². The van der Waals surface area contributed by atoms with Crippen LogP contribution < -0.4 is 0 Å². The Morgan fingerprint density at radius 2 is 1.63 bits per heavy atom. The Bertz CT molecular complexity index is 729. The topological polar surface area (TPSA) is 43.9 Å². The second kappa shape index (κ2) is 8.06. The third-order valence-electron chi connectivity index (χ3n) is 5.29. The van der Waals surface area contributed by atoms with Crippen LogP contribution in [-0.4, -0.2) is 61.2 Å². The van der Waals surface area contributed by atoms with Crippen molar-refractivity contribution in [3.63, 3.8) is 0 Å². The number of nitrogens with zero attached hydrogens (tertiary/aromatic N) is 3. The van der Waals surface area contributed by atoms with Gasteiger partial charge in [0.1, 0.15) is 0 Å². The molecule has 2 saturated heterocycles. The molecule has 0 aliphatic carbocycles. The zero-order valence-corrected chi connectivity index (χ0v) is 16.3. The average molecular weight is 405 g/mol. The van der Waals surface area contributed by atoms with Gasteiger partial charge in [-0.1, -0.05) is 19.1 Å². The molecule has 3 rings (SSSR count). The van der Waals surface area contributed by atoms with Gasteiger partial charge in [-0.15, -0.1) is 0 Å². The normalized spacial score (nSPS) is 24.2. The molecule has 152 valence electrons. The van der Waals surface area contributed by atoms with E-state index in [1.807, 2.05) is 0 Å². The summed E-state index contributed by atoms with van der Waals surface area (Å²) in [6, 6.07) is 5.16. The first-order chi connectivity index (χ1) is 12.7. The number of hydrogen-bond acceptors (Lipinski definition) is 3. The maximum absolute atomic E-state index is 12.8. The summed E-state index contributed by atoms with van der Waals surface area (Å²) in [5.41, 5.74) is 0.141. The predicted molar refractivity (Wildman–Crippen MR) is 97.2 cm³/mol. The van der Waals surface area contributed by atoms with Crippen molar-refractivity contribution >= 4 is 10.2 Å². The van der Waals surface area contributed by atoms with E-state index in [1.165, 1.54) is 16.4 Å². The summed E-state index contributed by atoms with van der Waals surface area (Å²) in [5, 5.41) is 0. The zero-order chi connectivity index (χ0) is 19.7. The lowest BCUT2D eigenvalue weighted by Gasteiger charge is -2.38. The largest absolute Gasteiger partial charge is 0.416 e. The summed E-state index contributed by atoms with van der Waals surface area (Å²) in [5.74, 6) is 0.384. The monoisotopic (exact) mass is 405 g/mol. The molecule has 9 heteroatoms. The summed E-state index contributed by atoms with van der Waals surface area (Å²) in [6.45, 7) is 5.72. The lowest BCUT2D eigenvalue weighted by atomic mass is 10.0. The van der Waals surface area contributed by atoms with Gasteiger partial charge in [-0.2, -0.15) is 30.2 Å². The first-order valence-corrected chi connectivity index (χ1v) is 10.7. The van der Waals surface area contributed by atoms with Crippen LogP contribution in [0.2, 0.25) is 0 Å². The van der Waals surface area contributed by atoms with Crippen molar-refractivity contribution in [1.82, 2.24) is 13.5 Å². The minimum absolute atomic E-state index is 0.384. The molecule has 2 fully saturated rings. The van der Waals surface area contributed by atoms with Gasteiger partial charge in [0.2, 0.25) is 0 Å². The Balaban J connectivity index is 1.54. The van der Waals surface area contributed by atoms with Crippen LogP contribution in [0.3, 0.4) is 0 Å². The molecule has 1 aromatic rings. The second-order valence-corrected chi connectivity index (χ2v) is 9.41. The summed E-state index contributed by atoms with van der Waals surface area (Å²) >= 11 is 0. The van der Waals surface area contributed by atoms with Gasteiger partial charge < -0.3 is 0 Å². The molecule has 0 amide bonds. The van der Waals surface area contributed by atoms with E-state index < -0.39 is 21.9 Å². The Morgan fingerprint density at radius 1 is 1.00 bits per heavy atom. The smallest absolute Gasteiger partial charge is 0.296 e. The Kier molecular flexibility index (Phi) is 6.14. The number of piperidine rings is 1. The molecule has 5 nitrogen and oxygen atoms in total. The van der Waals surface area contributed by atoms with E-state index in [-0.39, 0.29) is 0 Å². The van der Waals surface area contributed by atoms with Crippen molar-refractivity contribution in [3.8, 4) is 0 Å². The van der Waals surface area contributed by atoms with Crippen molar-refractivity contribution in [1.29, 1.82) is 0 Å². The number of rotatable bonds is 4. The van der Waals surface area contributed by atoms with Crippen molar-refractivity contribution in [2.45, 2.75) is 32.5 Å². The molecule has 0 spiro atoms. The molecule has 1 atom stereocenters. The van der Waals surface area contributed by atoms with E-state index in [9.17, 15) is 21.6 Å². The zero-order valence-electron chi connectivity index (χ0n) is 15.5. The lowest BCUT2D eigenvalue weighted by molar-refractivity contribution is -0.137. The standard InChI is InChI=1S/C18H26F3N3O2S/c1-15-3-2-8-24(13-15)27(25,26)23-11-9-22(10-12-23)14-16-4-6-17(7-5-16)18(19,20)21/h4-7,15H,2-3,8-14H2,1H3. The highest BCUT2D eigenvalue weighted by atomic mass is 32.2. The van der Waals surface area contributed by atoms with Gasteiger partial charge in [0, 0.05) is 45.8 Å². The first kappa shape index (κ1) is 20.6. The molecule has 2 aliphatic heterocycles. The third-order valence-corrected chi connectivity index (χ3v) is 7.29. The van der Waals surface area contributed by atoms with Gasteiger partial charge in [-0.05, 0) is 36.5 Å². The highest BCUT2D eigenvalue weighted by Crippen LogP contribution is 2.29. The maximum atomic E-state index is 12.8. The van der Waals surface area contributed by atoms with E-state index in [4.69, 9.17) is 0 Å². The molecule has 0 aromatic heterocycles. The molecule has 27 heavy (non-hydrogen) atoms. The van der Waals surface area contributed by atoms with E-state index in [0.29, 0.717) is 51.7 Å². The van der Waals surface area contributed by atoms with E-state index in [1.54, 1.807) is 4.31 Å². The molecule has 0 radical (unpaired) electrons. The molecule has 1 aromatic carbocycles. The fraction of sp³-hybridized carbons (Fsp3) is 0.667. The molecular weight excluding hydrogens is 379 g/mol. The van der Waals surface area contributed by atoms with Gasteiger partial charge >= 0.3 is 6.18 Å². The minimum atomic E-state index is -4.33. The van der Waals surface area contributed by atoms with Gasteiger partial charge in [0.15, 0.2) is 0 Å². The summed E-state index contributed by atoms with van der Waals surface area (Å²) in [6.07, 6.45) is -2.37. The Hall–Kier alpha value is -1.16. The van der Waals surface area contributed by atoms with Crippen LogP contribution in [0.25, 0.3) is 0 Å². The molecule has 1 unspecified atom stereocenters. The average Bonchev–Trinajstić information content (AvgIpc) is 2.62. The molecule has 0 bridgehead atoms. The van der Waals surface area contributed by atoms with Crippen LogP contribution in [-0.2, 0) is 22.9 Å². The number of benzene rings is 1. The van der Waals surface area contributed by atoms with Gasteiger partial charge in [0.25, 0.3) is 10.2 Å². The quantitative estimate of drug-likeness (QED) is 0.774. The van der Waals surface area contributed by atoms with Crippen molar-refractivity contribution < 1.29 is 21.6 Å². The molecule has 0 saturated carbocycles. The van der Waals surface area contributed by atoms with Crippen molar-refractivity contribution in [3.05, 3.63) is 35.4 Å². The van der Waals surface area contributed by atoms with E-state index in [0.717, 1.165) is 30.5 Å². The van der Waals surface area contributed by atoms with Crippen molar-refractivity contribution in [2.24, 2.45) is 5.92 Å². The molecular formula is C18H26F3N3O2S. The van der Waals surface area contributed by atoms with Crippen LogP contribution in [0.15, 0.2) is 24.3 Å². The van der Waals surface area contributed by atoms with Crippen LogP contribution >= 0.6 is 0 Å². The molecule has 2 heterocycles. The number of piperazine rings is 1. The highest BCUT2D eigenvalue weighted by molar-refractivity contribution is 7.86. The summed E-state index contributed by atoms with van der Waals surface area (Å²) < 4.78 is 66.6. The maximum Gasteiger partial charge on any atom is 0.416 e. The fourth-order valence-corrected chi connectivity index (χ4v) is 5.45. The Morgan fingerprint density at radius 3 is 2.19 bits per heavy atom. The predicted octanol–water partition coefficient (Wildman–Crippen LogP) is 2.80. The number of alkyl halides is 3. The third kappa shape index (κ3) is 5.01. The van der Waals surface area contributed by atoms with Crippen LogP contribution in [0.4, 0.5) is 13.2 Å². The van der Waals surface area contributed by atoms with E-state index in [2.05, 4.69) is 11.8 Å².